The number of hydrogen-bond donors (Lipinski definition) is 1. The highest BCUT2D eigenvalue weighted by molar-refractivity contribution is 6.07. The number of allylic oxidation sites excluding steroid dienone is 1. The average Bonchev–Trinajstić information content (AvgIpc) is 3.97. The standard InChI is InChI=1S/C54H78N2O6/c1-34(2)43-39(57)31-53(46(59)56-29-15-18-36(56)32-55-27-13-14-28-55)26-25-51(8)37(44(43)53)19-20-42-50(7)23-21-41(48(3,4)40(50)22-24-52(42,51)9)54(47(60)61)30-38(49(54,5)6)45(58)62-33-35-16-11-10-12-17-35/h10-12,16-17,34,36-38,40-42H,13-15,18-33H2,1-9H3,(H,60,61)/t36-,37+,38-,40+,41-,42+,50+,51+,52+,53+,54+/m0/s1. The molecule has 62 heavy (non-hydrogen) atoms. The Labute approximate surface area is 372 Å². The van der Waals surface area contributed by atoms with Gasteiger partial charge in [0.1, 0.15) is 6.61 Å². The number of Topliss-reactive ketones (excluding diaryl/α,β-unsaturated/α-hetero) is 1. The molecule has 1 aromatic rings. The summed E-state index contributed by atoms with van der Waals surface area (Å²) < 4.78 is 5.85. The molecular weight excluding hydrogens is 773 g/mol. The minimum atomic E-state index is -1.02. The van der Waals surface area contributed by atoms with Crippen LogP contribution in [0.1, 0.15) is 158 Å². The van der Waals surface area contributed by atoms with Gasteiger partial charge in [0.15, 0.2) is 5.78 Å². The number of carbonyl (C=O) groups is 4. The van der Waals surface area contributed by atoms with Crippen molar-refractivity contribution in [1.29, 1.82) is 0 Å². The maximum Gasteiger partial charge on any atom is 0.310 e. The SMILES string of the molecule is CC(C)C1=C2[C@H]3CC[C@@H]4[C@]5(C)CC[C@H]([C@@]6(C(=O)O)C[C@@H](C(=O)OCc7ccccc7)C6(C)C)C(C)(C)[C@H]5CC[C@@]4(C)[C@]3(C)CC[C@@]2(C(=O)N2CCC[C@H]2CN2CCCC2)CC1=O. The number of benzene rings is 1. The van der Waals surface area contributed by atoms with Crippen molar-refractivity contribution in [3.8, 4) is 0 Å². The van der Waals surface area contributed by atoms with Crippen LogP contribution in [-0.2, 0) is 30.5 Å². The molecular formula is C54H78N2O6. The zero-order valence-electron chi connectivity index (χ0n) is 39.7. The molecule has 340 valence electrons. The van der Waals surface area contributed by atoms with E-state index in [0.717, 1.165) is 102 Å². The van der Waals surface area contributed by atoms with Crippen LogP contribution in [0.15, 0.2) is 41.5 Å². The van der Waals surface area contributed by atoms with Gasteiger partial charge in [-0.3, -0.25) is 19.2 Å². The summed E-state index contributed by atoms with van der Waals surface area (Å²) in [6, 6.07) is 9.95. The first-order valence-corrected chi connectivity index (χ1v) is 25.0. The van der Waals surface area contributed by atoms with Gasteiger partial charge in [-0.15, -0.1) is 0 Å². The van der Waals surface area contributed by atoms with Crippen LogP contribution >= 0.6 is 0 Å². The molecule has 8 heteroatoms. The Balaban J connectivity index is 0.990. The summed E-state index contributed by atoms with van der Waals surface area (Å²) in [4.78, 5) is 62.1. The lowest BCUT2D eigenvalue weighted by Gasteiger charge is -2.74. The number of esters is 1. The average molecular weight is 851 g/mol. The first-order valence-electron chi connectivity index (χ1n) is 25.0. The molecule has 1 aromatic carbocycles. The van der Waals surface area contributed by atoms with E-state index in [4.69, 9.17) is 4.74 Å². The van der Waals surface area contributed by atoms with Gasteiger partial charge in [-0.2, -0.15) is 0 Å². The number of carbonyl (C=O) groups excluding carboxylic acids is 3. The topological polar surface area (TPSA) is 104 Å². The Bertz CT molecular complexity index is 2020. The molecule has 0 aromatic heterocycles. The van der Waals surface area contributed by atoms with Crippen molar-refractivity contribution in [3.05, 3.63) is 47.0 Å². The molecule has 2 heterocycles. The number of amides is 1. The van der Waals surface area contributed by atoms with Crippen LogP contribution in [-0.4, -0.2) is 70.8 Å². The Hall–Kier alpha value is -3.00. The van der Waals surface area contributed by atoms with Crippen molar-refractivity contribution in [2.75, 3.05) is 26.2 Å². The second-order valence-corrected chi connectivity index (χ2v) is 24.3. The minimum Gasteiger partial charge on any atom is -0.481 e. The largest absolute Gasteiger partial charge is 0.481 e. The van der Waals surface area contributed by atoms with Crippen LogP contribution in [0.25, 0.3) is 0 Å². The lowest BCUT2D eigenvalue weighted by molar-refractivity contribution is -0.261. The number of hydrogen-bond acceptors (Lipinski definition) is 6. The first-order chi connectivity index (χ1) is 29.2. The molecule has 1 amide bonds. The zero-order valence-corrected chi connectivity index (χ0v) is 39.7. The van der Waals surface area contributed by atoms with E-state index >= 15 is 4.79 Å². The van der Waals surface area contributed by atoms with Crippen molar-refractivity contribution < 1.29 is 29.0 Å². The number of carboxylic acids is 1. The summed E-state index contributed by atoms with van der Waals surface area (Å²) >= 11 is 0. The van der Waals surface area contributed by atoms with E-state index in [1.165, 1.54) is 18.4 Å². The molecule has 0 bridgehead atoms. The molecule has 8 aliphatic rings. The Kier molecular flexibility index (Phi) is 10.7. The summed E-state index contributed by atoms with van der Waals surface area (Å²) in [7, 11) is 0. The Morgan fingerprint density at radius 1 is 0.790 bits per heavy atom. The van der Waals surface area contributed by atoms with Gasteiger partial charge in [0.2, 0.25) is 5.91 Å². The predicted octanol–water partition coefficient (Wildman–Crippen LogP) is 10.5. The van der Waals surface area contributed by atoms with E-state index in [9.17, 15) is 19.5 Å². The number of carboxylic acid groups (broad SMARTS) is 1. The van der Waals surface area contributed by atoms with Crippen molar-refractivity contribution in [1.82, 2.24) is 9.80 Å². The summed E-state index contributed by atoms with van der Waals surface area (Å²) in [5.74, 6) is 0.00589. The predicted molar refractivity (Wildman–Crippen MR) is 242 cm³/mol. The third-order valence-corrected chi connectivity index (χ3v) is 21.2. The highest BCUT2D eigenvalue weighted by atomic mass is 16.5. The number of ketones is 1. The summed E-state index contributed by atoms with van der Waals surface area (Å²) in [6.45, 7) is 25.1. The summed E-state index contributed by atoms with van der Waals surface area (Å²) in [5.41, 5.74) is 0.408. The van der Waals surface area contributed by atoms with Gasteiger partial charge in [-0.1, -0.05) is 92.6 Å². The lowest BCUT2D eigenvalue weighted by Crippen LogP contribution is -2.71. The number of nitrogens with zero attached hydrogens (tertiary/aromatic N) is 2. The third-order valence-electron chi connectivity index (χ3n) is 21.2. The molecule has 0 unspecified atom stereocenters. The summed E-state index contributed by atoms with van der Waals surface area (Å²) in [5, 5.41) is 11.3. The van der Waals surface area contributed by atoms with Crippen LogP contribution in [0.2, 0.25) is 0 Å². The molecule has 0 radical (unpaired) electrons. The molecule has 9 rings (SSSR count). The van der Waals surface area contributed by atoms with Crippen LogP contribution in [0, 0.1) is 73.4 Å². The van der Waals surface area contributed by atoms with E-state index in [1.807, 2.05) is 44.2 Å². The number of rotatable bonds is 9. The molecule has 6 aliphatic carbocycles. The number of fused-ring (bicyclic) bond motifs is 7. The molecule has 2 saturated heterocycles. The maximum absolute atomic E-state index is 15.4. The fourth-order valence-corrected chi connectivity index (χ4v) is 17.9. The molecule has 2 aliphatic heterocycles. The third kappa shape index (κ3) is 5.97. The van der Waals surface area contributed by atoms with E-state index in [1.54, 1.807) is 0 Å². The fraction of sp³-hybridized carbons (Fsp3) is 0.778. The summed E-state index contributed by atoms with van der Waals surface area (Å²) in [6.07, 6.45) is 13.0. The van der Waals surface area contributed by atoms with Crippen LogP contribution in [0.5, 0.6) is 0 Å². The first kappa shape index (κ1) is 44.2. The molecule has 11 atom stereocenters. The molecule has 8 nitrogen and oxygen atoms in total. The van der Waals surface area contributed by atoms with E-state index in [-0.39, 0.29) is 69.7 Å². The van der Waals surface area contributed by atoms with Crippen LogP contribution in [0.4, 0.5) is 0 Å². The van der Waals surface area contributed by atoms with E-state index in [0.29, 0.717) is 24.7 Å². The van der Waals surface area contributed by atoms with Crippen molar-refractivity contribution in [2.45, 2.75) is 165 Å². The van der Waals surface area contributed by atoms with Crippen molar-refractivity contribution >= 4 is 23.6 Å². The fourth-order valence-electron chi connectivity index (χ4n) is 17.9. The van der Waals surface area contributed by atoms with Gasteiger partial charge in [-0.05, 0) is 170 Å². The monoisotopic (exact) mass is 851 g/mol. The number of aliphatic carboxylic acids is 1. The highest BCUT2D eigenvalue weighted by Crippen LogP contribution is 2.79. The van der Waals surface area contributed by atoms with Gasteiger partial charge >= 0.3 is 11.9 Å². The lowest BCUT2D eigenvalue weighted by atomic mass is 9.29. The molecule has 0 spiro atoms. The van der Waals surface area contributed by atoms with Gasteiger partial charge in [0, 0.05) is 25.6 Å². The van der Waals surface area contributed by atoms with Crippen molar-refractivity contribution in [3.63, 3.8) is 0 Å². The smallest absolute Gasteiger partial charge is 0.310 e. The highest BCUT2D eigenvalue weighted by Gasteiger charge is 2.76. The van der Waals surface area contributed by atoms with Crippen molar-refractivity contribution in [2.24, 2.45) is 73.4 Å². The Morgan fingerprint density at radius 3 is 2.15 bits per heavy atom. The van der Waals surface area contributed by atoms with Gasteiger partial charge in [0.05, 0.1) is 16.7 Å². The van der Waals surface area contributed by atoms with E-state index < -0.39 is 28.1 Å². The minimum absolute atomic E-state index is 0.0137. The normalized spacial score (nSPS) is 42.2. The van der Waals surface area contributed by atoms with Gasteiger partial charge < -0.3 is 19.6 Å². The molecule has 5 saturated carbocycles. The van der Waals surface area contributed by atoms with Gasteiger partial charge in [0.25, 0.3) is 0 Å². The Morgan fingerprint density at radius 2 is 1.48 bits per heavy atom. The number of ether oxygens (including phenoxy) is 1. The molecule has 7 fully saturated rings. The second-order valence-electron chi connectivity index (χ2n) is 24.3. The van der Waals surface area contributed by atoms with Gasteiger partial charge in [-0.25, -0.2) is 0 Å². The van der Waals surface area contributed by atoms with Crippen LogP contribution < -0.4 is 0 Å². The quantitative estimate of drug-likeness (QED) is 0.247. The zero-order chi connectivity index (χ0) is 44.4. The number of likely N-dealkylation sites (tertiary alicyclic amines) is 2. The van der Waals surface area contributed by atoms with Crippen LogP contribution in [0.3, 0.4) is 0 Å². The maximum atomic E-state index is 15.4. The second kappa shape index (κ2) is 15.0. The molecule has 1 N–H and O–H groups in total. The van der Waals surface area contributed by atoms with E-state index in [2.05, 4.69) is 58.3 Å².